The molecule has 0 spiro atoms. The lowest BCUT2D eigenvalue weighted by molar-refractivity contribution is 0.705. The van der Waals surface area contributed by atoms with Crippen molar-refractivity contribution in [3.8, 4) is 0 Å². The smallest absolute Gasteiger partial charge is 0.126 e. The molecule has 3 nitrogen and oxygen atoms in total. The fourth-order valence-electron chi connectivity index (χ4n) is 1.82. The number of halogens is 1. The van der Waals surface area contributed by atoms with Gasteiger partial charge in [-0.05, 0) is 18.6 Å². The SMILES string of the molecule is CCCCCN(C)c1cccc(Cl)c1C(=N)N. The monoisotopic (exact) mass is 253 g/mol. The molecule has 4 heteroatoms. The maximum Gasteiger partial charge on any atom is 0.126 e. The van der Waals surface area contributed by atoms with Gasteiger partial charge in [0.15, 0.2) is 0 Å². The fourth-order valence-corrected chi connectivity index (χ4v) is 2.09. The third kappa shape index (κ3) is 3.63. The lowest BCUT2D eigenvalue weighted by atomic mass is 10.1. The number of unbranched alkanes of at least 4 members (excludes halogenated alkanes) is 2. The van der Waals surface area contributed by atoms with E-state index in [2.05, 4.69) is 11.8 Å². The van der Waals surface area contributed by atoms with Crippen molar-refractivity contribution in [1.82, 2.24) is 0 Å². The zero-order chi connectivity index (χ0) is 12.8. The van der Waals surface area contributed by atoms with Crippen molar-refractivity contribution in [2.75, 3.05) is 18.5 Å². The maximum atomic E-state index is 7.59. The third-order valence-electron chi connectivity index (χ3n) is 2.77. The Labute approximate surface area is 108 Å². The number of nitrogens with one attached hydrogen (secondary N) is 1. The van der Waals surface area contributed by atoms with E-state index in [0.717, 1.165) is 18.7 Å². The van der Waals surface area contributed by atoms with Crippen molar-refractivity contribution in [2.45, 2.75) is 26.2 Å². The quantitative estimate of drug-likeness (QED) is 0.465. The molecule has 0 fully saturated rings. The van der Waals surface area contributed by atoms with Crippen LogP contribution in [0.1, 0.15) is 31.7 Å². The molecule has 17 heavy (non-hydrogen) atoms. The van der Waals surface area contributed by atoms with E-state index in [1.807, 2.05) is 19.2 Å². The van der Waals surface area contributed by atoms with E-state index in [4.69, 9.17) is 22.7 Å². The minimum atomic E-state index is 0.0212. The Bertz CT molecular complexity index is 390. The number of amidine groups is 1. The van der Waals surface area contributed by atoms with Crippen molar-refractivity contribution in [3.05, 3.63) is 28.8 Å². The zero-order valence-corrected chi connectivity index (χ0v) is 11.2. The first-order valence-electron chi connectivity index (χ1n) is 5.92. The highest BCUT2D eigenvalue weighted by atomic mass is 35.5. The van der Waals surface area contributed by atoms with Crippen LogP contribution in [0, 0.1) is 5.41 Å². The molecular weight excluding hydrogens is 234 g/mol. The summed E-state index contributed by atoms with van der Waals surface area (Å²) in [5.41, 5.74) is 7.14. The van der Waals surface area contributed by atoms with Gasteiger partial charge in [0, 0.05) is 19.3 Å². The summed E-state index contributed by atoms with van der Waals surface area (Å²) < 4.78 is 0. The maximum absolute atomic E-state index is 7.59. The molecule has 1 rings (SSSR count). The molecule has 0 aliphatic heterocycles. The number of rotatable bonds is 6. The van der Waals surface area contributed by atoms with E-state index in [1.165, 1.54) is 12.8 Å². The molecule has 0 saturated heterocycles. The van der Waals surface area contributed by atoms with Crippen LogP contribution in [0.3, 0.4) is 0 Å². The van der Waals surface area contributed by atoms with E-state index in [-0.39, 0.29) is 5.84 Å². The number of hydrogen-bond donors (Lipinski definition) is 2. The summed E-state index contributed by atoms with van der Waals surface area (Å²) in [6, 6.07) is 5.61. The molecule has 0 amide bonds. The van der Waals surface area contributed by atoms with Gasteiger partial charge in [-0.1, -0.05) is 37.4 Å². The Balaban J connectivity index is 2.89. The minimum Gasteiger partial charge on any atom is -0.384 e. The molecule has 0 unspecified atom stereocenters. The van der Waals surface area contributed by atoms with Gasteiger partial charge >= 0.3 is 0 Å². The number of nitrogens with zero attached hydrogens (tertiary/aromatic N) is 1. The van der Waals surface area contributed by atoms with Gasteiger partial charge in [-0.25, -0.2) is 0 Å². The van der Waals surface area contributed by atoms with Gasteiger partial charge in [0.05, 0.1) is 10.6 Å². The summed E-state index contributed by atoms with van der Waals surface area (Å²) >= 11 is 6.08. The summed E-state index contributed by atoms with van der Waals surface area (Å²) in [7, 11) is 2.01. The van der Waals surface area contributed by atoms with Crippen LogP contribution >= 0.6 is 11.6 Å². The van der Waals surface area contributed by atoms with Crippen molar-refractivity contribution in [3.63, 3.8) is 0 Å². The zero-order valence-electron chi connectivity index (χ0n) is 10.5. The van der Waals surface area contributed by atoms with Gasteiger partial charge in [-0.2, -0.15) is 0 Å². The van der Waals surface area contributed by atoms with Crippen molar-refractivity contribution >= 4 is 23.1 Å². The molecule has 0 heterocycles. The largest absolute Gasteiger partial charge is 0.384 e. The average molecular weight is 254 g/mol. The summed E-state index contributed by atoms with van der Waals surface area (Å²) in [6.45, 7) is 3.13. The second-order valence-electron chi connectivity index (χ2n) is 4.18. The van der Waals surface area contributed by atoms with Gasteiger partial charge in [-0.15, -0.1) is 0 Å². The third-order valence-corrected chi connectivity index (χ3v) is 3.08. The molecule has 1 aromatic carbocycles. The Hall–Kier alpha value is -1.22. The number of anilines is 1. The van der Waals surface area contributed by atoms with Crippen LogP contribution in [-0.2, 0) is 0 Å². The molecule has 0 aromatic heterocycles. The van der Waals surface area contributed by atoms with Gasteiger partial charge < -0.3 is 10.6 Å². The lowest BCUT2D eigenvalue weighted by Crippen LogP contribution is -2.23. The van der Waals surface area contributed by atoms with E-state index in [0.29, 0.717) is 10.6 Å². The second kappa shape index (κ2) is 6.50. The highest BCUT2D eigenvalue weighted by molar-refractivity contribution is 6.34. The average Bonchev–Trinajstić information content (AvgIpc) is 2.28. The highest BCUT2D eigenvalue weighted by Crippen LogP contribution is 2.26. The van der Waals surface area contributed by atoms with Crippen LogP contribution in [-0.4, -0.2) is 19.4 Å². The van der Waals surface area contributed by atoms with Crippen molar-refractivity contribution < 1.29 is 0 Å². The molecule has 0 saturated carbocycles. The van der Waals surface area contributed by atoms with Crippen LogP contribution in [0.4, 0.5) is 5.69 Å². The van der Waals surface area contributed by atoms with E-state index >= 15 is 0 Å². The summed E-state index contributed by atoms with van der Waals surface area (Å²) in [5.74, 6) is 0.0212. The first kappa shape index (κ1) is 13.8. The molecule has 0 aliphatic carbocycles. The van der Waals surface area contributed by atoms with Gasteiger partial charge in [0.25, 0.3) is 0 Å². The van der Waals surface area contributed by atoms with E-state index in [1.54, 1.807) is 6.07 Å². The molecule has 0 bridgehead atoms. The van der Waals surface area contributed by atoms with E-state index < -0.39 is 0 Å². The standard InChI is InChI=1S/C13H20ClN3/c1-3-4-5-9-17(2)11-8-6-7-10(14)12(11)13(15)16/h6-8H,3-5,9H2,1-2H3,(H3,15,16). The number of hydrogen-bond acceptors (Lipinski definition) is 2. The predicted molar refractivity (Wildman–Crippen MR) is 75.3 cm³/mol. The van der Waals surface area contributed by atoms with Crippen LogP contribution in [0.15, 0.2) is 18.2 Å². The van der Waals surface area contributed by atoms with Crippen LogP contribution in [0.5, 0.6) is 0 Å². The molecule has 1 aromatic rings. The van der Waals surface area contributed by atoms with Gasteiger partial charge in [0.1, 0.15) is 5.84 Å². The Morgan fingerprint density at radius 2 is 2.12 bits per heavy atom. The summed E-state index contributed by atoms with van der Waals surface area (Å²) in [4.78, 5) is 2.11. The first-order chi connectivity index (χ1) is 8.07. The fraction of sp³-hybridized carbons (Fsp3) is 0.462. The molecular formula is C13H20ClN3. The molecule has 0 aliphatic rings. The minimum absolute atomic E-state index is 0.0212. The van der Waals surface area contributed by atoms with Gasteiger partial charge in [-0.3, -0.25) is 5.41 Å². The number of nitrogen functional groups attached to an aromatic ring is 1. The van der Waals surface area contributed by atoms with Gasteiger partial charge in [0.2, 0.25) is 0 Å². The molecule has 0 atom stereocenters. The van der Waals surface area contributed by atoms with Crippen LogP contribution < -0.4 is 10.6 Å². The number of nitrogens with two attached hydrogens (primary N) is 1. The Morgan fingerprint density at radius 3 is 2.71 bits per heavy atom. The summed E-state index contributed by atoms with van der Waals surface area (Å²) in [6.07, 6.45) is 3.54. The summed E-state index contributed by atoms with van der Waals surface area (Å²) in [5, 5.41) is 8.13. The second-order valence-corrected chi connectivity index (χ2v) is 4.58. The first-order valence-corrected chi connectivity index (χ1v) is 6.29. The molecule has 3 N–H and O–H groups in total. The van der Waals surface area contributed by atoms with E-state index in [9.17, 15) is 0 Å². The predicted octanol–water partition coefficient (Wildman–Crippen LogP) is 3.25. The van der Waals surface area contributed by atoms with Crippen molar-refractivity contribution in [2.24, 2.45) is 5.73 Å². The number of benzene rings is 1. The van der Waals surface area contributed by atoms with Crippen molar-refractivity contribution in [1.29, 1.82) is 5.41 Å². The normalized spacial score (nSPS) is 10.3. The van der Waals surface area contributed by atoms with Crippen LogP contribution in [0.2, 0.25) is 5.02 Å². The molecule has 94 valence electrons. The highest BCUT2D eigenvalue weighted by Gasteiger charge is 2.12. The lowest BCUT2D eigenvalue weighted by Gasteiger charge is -2.22. The molecule has 0 radical (unpaired) electrons. The topological polar surface area (TPSA) is 53.1 Å². The van der Waals surface area contributed by atoms with Crippen LogP contribution in [0.25, 0.3) is 0 Å². The Morgan fingerprint density at radius 1 is 1.41 bits per heavy atom. The Kier molecular flexibility index (Phi) is 5.29.